The molecule has 0 saturated carbocycles. The van der Waals surface area contributed by atoms with Crippen LogP contribution in [0.2, 0.25) is 0 Å². The molecule has 0 spiro atoms. The Labute approximate surface area is 111 Å². The van der Waals surface area contributed by atoms with Gasteiger partial charge in [0.2, 0.25) is 0 Å². The molecule has 104 valence electrons. The molecule has 1 atom stereocenters. The van der Waals surface area contributed by atoms with Gasteiger partial charge in [0, 0.05) is 18.7 Å². The minimum atomic E-state index is 0.315. The van der Waals surface area contributed by atoms with Gasteiger partial charge in [0.05, 0.1) is 11.7 Å². The third-order valence-electron chi connectivity index (χ3n) is 3.43. The van der Waals surface area contributed by atoms with Gasteiger partial charge in [-0.15, -0.1) is 0 Å². The summed E-state index contributed by atoms with van der Waals surface area (Å²) in [4.78, 5) is 0. The first-order valence-electron chi connectivity index (χ1n) is 7.10. The van der Waals surface area contributed by atoms with Gasteiger partial charge in [0.15, 0.2) is 0 Å². The molecule has 0 aliphatic heterocycles. The fourth-order valence-electron chi connectivity index (χ4n) is 2.38. The fraction of sp³-hybridized carbons (Fsp3) is 0.786. The Balaban J connectivity index is 2.62. The topological polar surface area (TPSA) is 55.9 Å². The summed E-state index contributed by atoms with van der Waals surface area (Å²) < 4.78 is 2.10. The van der Waals surface area contributed by atoms with E-state index >= 15 is 0 Å². The summed E-state index contributed by atoms with van der Waals surface area (Å²) in [5, 5.41) is 4.67. The molecule has 0 amide bonds. The molecule has 4 heteroatoms. The average molecular weight is 252 g/mol. The van der Waals surface area contributed by atoms with Crippen molar-refractivity contribution in [2.24, 2.45) is 11.8 Å². The zero-order chi connectivity index (χ0) is 13.5. The summed E-state index contributed by atoms with van der Waals surface area (Å²) in [6.07, 6.45) is 6.33. The largest absolute Gasteiger partial charge is 0.271 e. The van der Waals surface area contributed by atoms with Crippen LogP contribution in [-0.2, 0) is 6.42 Å². The Morgan fingerprint density at radius 3 is 2.50 bits per heavy atom. The lowest BCUT2D eigenvalue weighted by Crippen LogP contribution is -2.37. The van der Waals surface area contributed by atoms with Crippen LogP contribution in [-0.4, -0.2) is 15.8 Å². The molecule has 0 saturated heterocycles. The summed E-state index contributed by atoms with van der Waals surface area (Å²) >= 11 is 0. The lowest BCUT2D eigenvalue weighted by Gasteiger charge is -2.17. The molecular formula is C14H28N4. The second-order valence-corrected chi connectivity index (χ2v) is 5.45. The van der Waals surface area contributed by atoms with Crippen LogP contribution in [0.4, 0.5) is 0 Å². The van der Waals surface area contributed by atoms with E-state index in [0.717, 1.165) is 31.4 Å². The first-order chi connectivity index (χ1) is 8.60. The van der Waals surface area contributed by atoms with E-state index in [0.29, 0.717) is 18.0 Å². The third-order valence-corrected chi connectivity index (χ3v) is 3.43. The summed E-state index contributed by atoms with van der Waals surface area (Å²) in [5.41, 5.74) is 4.03. The standard InChI is InChI=1S/C14H28N4/c1-5-14(6-2)18-8-7-12(17-18)10-13(16-15)9-11(3)4/h7-8,11,13-14,16H,5-6,9-10,15H2,1-4H3. The summed E-state index contributed by atoms with van der Waals surface area (Å²) in [7, 11) is 0. The molecular weight excluding hydrogens is 224 g/mol. The van der Waals surface area contributed by atoms with Gasteiger partial charge in [-0.2, -0.15) is 5.10 Å². The van der Waals surface area contributed by atoms with Crippen LogP contribution in [0.5, 0.6) is 0 Å². The third kappa shape index (κ3) is 4.42. The predicted octanol–water partition coefficient (Wildman–Crippen LogP) is 2.66. The van der Waals surface area contributed by atoms with Crippen LogP contribution in [0, 0.1) is 5.92 Å². The van der Waals surface area contributed by atoms with Crippen LogP contribution in [0.25, 0.3) is 0 Å². The lowest BCUT2D eigenvalue weighted by atomic mass is 10.0. The molecule has 1 aromatic heterocycles. The van der Waals surface area contributed by atoms with Gasteiger partial charge >= 0.3 is 0 Å². The van der Waals surface area contributed by atoms with E-state index in [1.165, 1.54) is 0 Å². The highest BCUT2D eigenvalue weighted by molar-refractivity contribution is 5.02. The van der Waals surface area contributed by atoms with Crippen LogP contribution < -0.4 is 11.3 Å². The number of hydrazine groups is 1. The fourth-order valence-corrected chi connectivity index (χ4v) is 2.38. The van der Waals surface area contributed by atoms with E-state index < -0.39 is 0 Å². The highest BCUT2D eigenvalue weighted by Crippen LogP contribution is 2.16. The monoisotopic (exact) mass is 252 g/mol. The SMILES string of the molecule is CCC(CC)n1ccc(CC(CC(C)C)NN)n1. The molecule has 0 aliphatic carbocycles. The first-order valence-corrected chi connectivity index (χ1v) is 7.10. The summed E-state index contributed by atoms with van der Waals surface area (Å²) in [5.74, 6) is 6.25. The van der Waals surface area contributed by atoms with Crippen molar-refractivity contribution in [3.05, 3.63) is 18.0 Å². The van der Waals surface area contributed by atoms with E-state index in [2.05, 4.69) is 55.2 Å². The molecule has 3 N–H and O–H groups in total. The molecule has 18 heavy (non-hydrogen) atoms. The number of aromatic nitrogens is 2. The van der Waals surface area contributed by atoms with Crippen molar-refractivity contribution in [3.8, 4) is 0 Å². The Hall–Kier alpha value is -0.870. The van der Waals surface area contributed by atoms with Crippen molar-refractivity contribution in [3.63, 3.8) is 0 Å². The molecule has 1 unspecified atom stereocenters. The van der Waals surface area contributed by atoms with E-state index in [-0.39, 0.29) is 0 Å². The molecule has 0 aromatic carbocycles. The Morgan fingerprint density at radius 1 is 1.33 bits per heavy atom. The minimum Gasteiger partial charge on any atom is -0.271 e. The highest BCUT2D eigenvalue weighted by Gasteiger charge is 2.13. The van der Waals surface area contributed by atoms with Crippen molar-refractivity contribution >= 4 is 0 Å². The second-order valence-electron chi connectivity index (χ2n) is 5.45. The second kappa shape index (κ2) is 7.54. The first kappa shape index (κ1) is 15.2. The zero-order valence-corrected chi connectivity index (χ0v) is 12.2. The Morgan fingerprint density at radius 2 is 2.00 bits per heavy atom. The molecule has 1 aromatic rings. The molecule has 1 rings (SSSR count). The Bertz CT molecular complexity index is 328. The quantitative estimate of drug-likeness (QED) is 0.552. The molecule has 0 fully saturated rings. The number of hydrogen-bond donors (Lipinski definition) is 2. The van der Waals surface area contributed by atoms with Crippen molar-refractivity contribution in [1.82, 2.24) is 15.2 Å². The van der Waals surface area contributed by atoms with Gasteiger partial charge in [-0.1, -0.05) is 27.7 Å². The molecule has 0 radical (unpaired) electrons. The van der Waals surface area contributed by atoms with E-state index in [4.69, 9.17) is 5.84 Å². The maximum atomic E-state index is 5.60. The van der Waals surface area contributed by atoms with E-state index in [9.17, 15) is 0 Å². The molecule has 0 bridgehead atoms. The van der Waals surface area contributed by atoms with Gasteiger partial charge in [-0.25, -0.2) is 0 Å². The van der Waals surface area contributed by atoms with Gasteiger partial charge in [-0.3, -0.25) is 16.0 Å². The summed E-state index contributed by atoms with van der Waals surface area (Å²) in [6.45, 7) is 8.84. The van der Waals surface area contributed by atoms with Crippen molar-refractivity contribution in [2.45, 2.75) is 65.5 Å². The number of nitrogens with two attached hydrogens (primary N) is 1. The Kier molecular flexibility index (Phi) is 6.36. The smallest absolute Gasteiger partial charge is 0.0640 e. The number of hydrogen-bond acceptors (Lipinski definition) is 3. The maximum absolute atomic E-state index is 5.60. The number of nitrogens with one attached hydrogen (secondary N) is 1. The predicted molar refractivity (Wildman–Crippen MR) is 76.1 cm³/mol. The van der Waals surface area contributed by atoms with Crippen LogP contribution in [0.3, 0.4) is 0 Å². The average Bonchev–Trinajstić information content (AvgIpc) is 2.78. The highest BCUT2D eigenvalue weighted by atomic mass is 15.3. The van der Waals surface area contributed by atoms with Crippen LogP contribution >= 0.6 is 0 Å². The van der Waals surface area contributed by atoms with Gasteiger partial charge in [-0.05, 0) is 31.2 Å². The number of rotatable bonds is 8. The maximum Gasteiger partial charge on any atom is 0.0640 e. The van der Waals surface area contributed by atoms with Gasteiger partial charge < -0.3 is 0 Å². The van der Waals surface area contributed by atoms with Gasteiger partial charge in [0.1, 0.15) is 0 Å². The molecule has 0 aliphatic rings. The molecule has 4 nitrogen and oxygen atoms in total. The normalized spacial score (nSPS) is 13.5. The van der Waals surface area contributed by atoms with Gasteiger partial charge in [0.25, 0.3) is 0 Å². The summed E-state index contributed by atoms with van der Waals surface area (Å²) in [6, 6.07) is 2.95. The van der Waals surface area contributed by atoms with E-state index in [1.807, 2.05) is 0 Å². The van der Waals surface area contributed by atoms with Crippen molar-refractivity contribution < 1.29 is 0 Å². The number of nitrogens with zero attached hydrogens (tertiary/aromatic N) is 2. The lowest BCUT2D eigenvalue weighted by molar-refractivity contribution is 0.405. The minimum absolute atomic E-state index is 0.315. The van der Waals surface area contributed by atoms with Crippen LogP contribution in [0.15, 0.2) is 12.3 Å². The molecule has 1 heterocycles. The van der Waals surface area contributed by atoms with Crippen molar-refractivity contribution in [1.29, 1.82) is 0 Å². The van der Waals surface area contributed by atoms with Crippen LogP contribution in [0.1, 0.15) is 58.7 Å². The zero-order valence-electron chi connectivity index (χ0n) is 12.2. The van der Waals surface area contributed by atoms with Crippen molar-refractivity contribution in [2.75, 3.05) is 0 Å². The van der Waals surface area contributed by atoms with E-state index in [1.54, 1.807) is 0 Å².